The van der Waals surface area contributed by atoms with Crippen molar-refractivity contribution in [1.82, 2.24) is 10.6 Å². The quantitative estimate of drug-likeness (QED) is 0.789. The average molecular weight is 220 g/mol. The van der Waals surface area contributed by atoms with Crippen LogP contribution in [0.5, 0.6) is 0 Å². The summed E-state index contributed by atoms with van der Waals surface area (Å²) in [5.41, 5.74) is 2.58. The molecule has 3 heteroatoms. The Balaban J connectivity index is 2.62. The number of carbonyl (C=O) groups excluding carboxylic acids is 1. The van der Waals surface area contributed by atoms with E-state index in [9.17, 15) is 4.79 Å². The first-order valence-corrected chi connectivity index (χ1v) is 5.48. The molecule has 1 aromatic rings. The smallest absolute Gasteiger partial charge is 0.314 e. The number of rotatable bonds is 2. The van der Waals surface area contributed by atoms with Gasteiger partial charge in [0.25, 0.3) is 0 Å². The van der Waals surface area contributed by atoms with Gasteiger partial charge >= 0.3 is 6.03 Å². The summed E-state index contributed by atoms with van der Waals surface area (Å²) >= 11 is 0. The van der Waals surface area contributed by atoms with Crippen molar-refractivity contribution in [2.24, 2.45) is 0 Å². The summed E-state index contributed by atoms with van der Waals surface area (Å²) in [6.45, 7) is 7.12. The minimum absolute atomic E-state index is 0.153. The highest BCUT2D eigenvalue weighted by Gasteiger charge is 2.12. The van der Waals surface area contributed by atoms with Gasteiger partial charge in [0.15, 0.2) is 0 Å². The molecule has 0 saturated heterocycles. The summed E-state index contributed by atoms with van der Waals surface area (Å²) in [7, 11) is 1.61. The largest absolute Gasteiger partial charge is 0.341 e. The van der Waals surface area contributed by atoms with Crippen molar-refractivity contribution in [3.8, 4) is 0 Å². The van der Waals surface area contributed by atoms with Crippen LogP contribution in [0.4, 0.5) is 4.79 Å². The topological polar surface area (TPSA) is 41.1 Å². The normalized spacial score (nSPS) is 11.0. The summed E-state index contributed by atoms with van der Waals surface area (Å²) in [4.78, 5) is 11.0. The Kier molecular flexibility index (Phi) is 3.93. The van der Waals surface area contributed by atoms with Crippen molar-refractivity contribution >= 4 is 6.03 Å². The maximum Gasteiger partial charge on any atom is 0.314 e. The van der Waals surface area contributed by atoms with Crippen LogP contribution in [-0.4, -0.2) is 13.1 Å². The molecule has 88 valence electrons. The highest BCUT2D eigenvalue weighted by atomic mass is 16.2. The molecule has 0 aromatic heterocycles. The highest BCUT2D eigenvalue weighted by Crippen LogP contribution is 2.21. The van der Waals surface area contributed by atoms with Crippen LogP contribution in [-0.2, 0) is 12.0 Å². The van der Waals surface area contributed by atoms with Gasteiger partial charge in [-0.05, 0) is 16.5 Å². The molecule has 16 heavy (non-hydrogen) atoms. The van der Waals surface area contributed by atoms with Gasteiger partial charge in [0, 0.05) is 13.6 Å². The molecule has 0 aliphatic heterocycles. The highest BCUT2D eigenvalue weighted by molar-refractivity contribution is 5.73. The lowest BCUT2D eigenvalue weighted by Crippen LogP contribution is -2.32. The molecular formula is C13H20N2O. The third-order valence-electron chi connectivity index (χ3n) is 2.50. The first-order chi connectivity index (χ1) is 7.43. The van der Waals surface area contributed by atoms with Crippen molar-refractivity contribution in [3.63, 3.8) is 0 Å². The molecule has 3 nitrogen and oxygen atoms in total. The van der Waals surface area contributed by atoms with Crippen molar-refractivity contribution in [2.45, 2.75) is 32.7 Å². The second-order valence-electron chi connectivity index (χ2n) is 4.88. The van der Waals surface area contributed by atoms with E-state index in [0.717, 1.165) is 5.56 Å². The molecule has 0 aliphatic rings. The van der Waals surface area contributed by atoms with E-state index in [0.29, 0.717) is 6.54 Å². The second-order valence-corrected chi connectivity index (χ2v) is 4.88. The van der Waals surface area contributed by atoms with E-state index in [1.54, 1.807) is 7.05 Å². The zero-order chi connectivity index (χ0) is 12.2. The summed E-state index contributed by atoms with van der Waals surface area (Å²) in [6, 6.07) is 8.18. The predicted octanol–water partition coefficient (Wildman–Crippen LogP) is 2.41. The fraction of sp³-hybridized carbons (Fsp3) is 0.462. The van der Waals surface area contributed by atoms with Gasteiger partial charge in [-0.15, -0.1) is 0 Å². The predicted molar refractivity (Wildman–Crippen MR) is 66.4 cm³/mol. The number of amides is 2. The van der Waals surface area contributed by atoms with Gasteiger partial charge < -0.3 is 10.6 Å². The third-order valence-corrected chi connectivity index (χ3v) is 2.50. The summed E-state index contributed by atoms with van der Waals surface area (Å²) < 4.78 is 0. The summed E-state index contributed by atoms with van der Waals surface area (Å²) in [5, 5.41) is 5.28. The van der Waals surface area contributed by atoms with Crippen LogP contribution in [0.1, 0.15) is 31.9 Å². The van der Waals surface area contributed by atoms with E-state index in [1.807, 2.05) is 0 Å². The van der Waals surface area contributed by atoms with Gasteiger partial charge in [0.05, 0.1) is 0 Å². The molecule has 0 fully saturated rings. The first kappa shape index (κ1) is 12.6. The van der Waals surface area contributed by atoms with E-state index < -0.39 is 0 Å². The molecule has 0 atom stereocenters. The molecule has 0 aliphatic carbocycles. The van der Waals surface area contributed by atoms with Crippen LogP contribution >= 0.6 is 0 Å². The van der Waals surface area contributed by atoms with Crippen molar-refractivity contribution < 1.29 is 4.79 Å². The van der Waals surface area contributed by atoms with Crippen LogP contribution in [0.25, 0.3) is 0 Å². The lowest BCUT2D eigenvalue weighted by molar-refractivity contribution is 0.242. The third kappa shape index (κ3) is 3.57. The molecule has 1 aromatic carbocycles. The first-order valence-electron chi connectivity index (χ1n) is 5.48. The van der Waals surface area contributed by atoms with Crippen LogP contribution < -0.4 is 10.6 Å². The lowest BCUT2D eigenvalue weighted by Gasteiger charge is -2.19. The van der Waals surface area contributed by atoms with Gasteiger partial charge in [0.2, 0.25) is 0 Å². The molecule has 0 heterocycles. The Bertz CT molecular complexity index is 349. The molecular weight excluding hydrogens is 200 g/mol. The van der Waals surface area contributed by atoms with Crippen LogP contribution in [0.15, 0.2) is 24.3 Å². The molecule has 0 bridgehead atoms. The number of nitrogens with one attached hydrogen (secondary N) is 2. The van der Waals surface area contributed by atoms with Gasteiger partial charge in [0.1, 0.15) is 0 Å². The van der Waals surface area contributed by atoms with Gasteiger partial charge in [-0.25, -0.2) is 4.79 Å². The number of carbonyl (C=O) groups is 1. The standard InChI is InChI=1S/C13H20N2O/c1-13(2,3)11-7-5-10(6-8-11)9-15-12(16)14-4/h5-8H,9H2,1-4H3,(H2,14,15,16). The summed E-state index contributed by atoms with van der Waals surface area (Å²) in [6.07, 6.45) is 0. The Morgan fingerprint density at radius 2 is 1.75 bits per heavy atom. The Labute approximate surface area is 97.2 Å². The SMILES string of the molecule is CNC(=O)NCc1ccc(C(C)(C)C)cc1. The molecule has 0 spiro atoms. The number of hydrogen-bond acceptors (Lipinski definition) is 1. The number of benzene rings is 1. The fourth-order valence-electron chi connectivity index (χ4n) is 1.39. The van der Waals surface area contributed by atoms with Gasteiger partial charge in [-0.2, -0.15) is 0 Å². The van der Waals surface area contributed by atoms with Gasteiger partial charge in [-0.3, -0.25) is 0 Å². The summed E-state index contributed by atoms with van der Waals surface area (Å²) in [5.74, 6) is 0. The minimum atomic E-state index is -0.153. The van der Waals surface area contributed by atoms with Crippen molar-refractivity contribution in [2.75, 3.05) is 7.05 Å². The number of urea groups is 1. The van der Waals surface area contributed by atoms with E-state index in [4.69, 9.17) is 0 Å². The molecule has 0 unspecified atom stereocenters. The Morgan fingerprint density at radius 1 is 1.19 bits per heavy atom. The molecule has 2 N–H and O–H groups in total. The van der Waals surface area contributed by atoms with Crippen LogP contribution in [0.3, 0.4) is 0 Å². The molecule has 2 amide bonds. The zero-order valence-electron chi connectivity index (χ0n) is 10.4. The van der Waals surface area contributed by atoms with E-state index in [1.165, 1.54) is 5.56 Å². The molecule has 0 radical (unpaired) electrons. The Morgan fingerprint density at radius 3 is 2.19 bits per heavy atom. The van der Waals surface area contributed by atoms with E-state index in [-0.39, 0.29) is 11.4 Å². The Hall–Kier alpha value is -1.51. The second kappa shape index (κ2) is 5.01. The van der Waals surface area contributed by atoms with E-state index >= 15 is 0 Å². The fourth-order valence-corrected chi connectivity index (χ4v) is 1.39. The van der Waals surface area contributed by atoms with Crippen LogP contribution in [0, 0.1) is 0 Å². The zero-order valence-corrected chi connectivity index (χ0v) is 10.4. The minimum Gasteiger partial charge on any atom is -0.341 e. The van der Waals surface area contributed by atoms with E-state index in [2.05, 4.69) is 55.7 Å². The maximum absolute atomic E-state index is 11.0. The van der Waals surface area contributed by atoms with Gasteiger partial charge in [-0.1, -0.05) is 45.0 Å². The lowest BCUT2D eigenvalue weighted by atomic mass is 9.87. The molecule has 0 saturated carbocycles. The average Bonchev–Trinajstić information content (AvgIpc) is 2.25. The number of hydrogen-bond donors (Lipinski definition) is 2. The van der Waals surface area contributed by atoms with Crippen LogP contribution in [0.2, 0.25) is 0 Å². The molecule has 1 rings (SSSR count). The van der Waals surface area contributed by atoms with Crippen molar-refractivity contribution in [1.29, 1.82) is 0 Å². The maximum atomic E-state index is 11.0. The van der Waals surface area contributed by atoms with Crippen molar-refractivity contribution in [3.05, 3.63) is 35.4 Å². The monoisotopic (exact) mass is 220 g/mol.